The van der Waals surface area contributed by atoms with Crippen LogP contribution in [0.3, 0.4) is 0 Å². The molecule has 1 aliphatic carbocycles. The number of aliphatic hydroxyl groups excluding tert-OH is 1. The number of methoxy groups -OCH3 is 1. The fraction of sp³-hybridized carbons (Fsp3) is 0.571. The summed E-state index contributed by atoms with van der Waals surface area (Å²) >= 11 is 3.52. The molecule has 0 heterocycles. The van der Waals surface area contributed by atoms with Crippen LogP contribution in [0.1, 0.15) is 31.2 Å². The Hall–Kier alpha value is -0.540. The summed E-state index contributed by atoms with van der Waals surface area (Å²) in [5.74, 6) is 1.59. The number of benzene rings is 1. The lowest BCUT2D eigenvalue weighted by Crippen LogP contribution is -2.21. The molecule has 0 bridgehead atoms. The molecule has 1 atom stereocenters. The molecule has 1 unspecified atom stereocenters. The molecule has 2 nitrogen and oxygen atoms in total. The highest BCUT2D eigenvalue weighted by atomic mass is 79.9. The third-order valence-electron chi connectivity index (χ3n) is 3.54. The highest BCUT2D eigenvalue weighted by molar-refractivity contribution is 9.10. The number of aliphatic hydroxyl groups is 1. The second kappa shape index (κ2) is 5.87. The van der Waals surface area contributed by atoms with Crippen LogP contribution in [-0.2, 0) is 6.42 Å². The van der Waals surface area contributed by atoms with Crippen LogP contribution in [0.2, 0.25) is 0 Å². The monoisotopic (exact) mass is 298 g/mol. The van der Waals surface area contributed by atoms with E-state index < -0.39 is 0 Å². The lowest BCUT2D eigenvalue weighted by atomic mass is 9.80. The maximum atomic E-state index is 10.1. The third kappa shape index (κ3) is 3.46. The Kier molecular flexibility index (Phi) is 4.46. The molecule has 3 heteroatoms. The highest BCUT2D eigenvalue weighted by Gasteiger charge is 2.21. The standard InChI is InChI=1S/C14H19BrO2/c1-17-13-5-6-14(15)11(9-13)8-12(16)7-10-3-2-4-10/h5-6,9-10,12,16H,2-4,7-8H2,1H3. The fourth-order valence-corrected chi connectivity index (χ4v) is 2.69. The highest BCUT2D eigenvalue weighted by Crippen LogP contribution is 2.32. The van der Waals surface area contributed by atoms with E-state index in [1.54, 1.807) is 7.11 Å². The smallest absolute Gasteiger partial charge is 0.119 e. The predicted molar refractivity (Wildman–Crippen MR) is 72.4 cm³/mol. The van der Waals surface area contributed by atoms with Gasteiger partial charge in [0.15, 0.2) is 0 Å². The van der Waals surface area contributed by atoms with Crippen LogP contribution in [0.25, 0.3) is 0 Å². The zero-order chi connectivity index (χ0) is 12.3. The predicted octanol–water partition coefficient (Wildman–Crippen LogP) is 3.55. The van der Waals surface area contributed by atoms with Crippen LogP contribution >= 0.6 is 15.9 Å². The van der Waals surface area contributed by atoms with Crippen molar-refractivity contribution in [2.75, 3.05) is 7.11 Å². The molecule has 17 heavy (non-hydrogen) atoms. The second-order valence-corrected chi connectivity index (χ2v) is 5.70. The van der Waals surface area contributed by atoms with Gasteiger partial charge in [0.1, 0.15) is 5.75 Å². The number of ether oxygens (including phenoxy) is 1. The summed E-state index contributed by atoms with van der Waals surface area (Å²) in [6.45, 7) is 0. The Morgan fingerprint density at radius 3 is 2.82 bits per heavy atom. The van der Waals surface area contributed by atoms with Crippen LogP contribution in [0, 0.1) is 5.92 Å². The molecule has 0 saturated heterocycles. The Labute approximate surface area is 111 Å². The van der Waals surface area contributed by atoms with Crippen LogP contribution in [0.4, 0.5) is 0 Å². The van der Waals surface area contributed by atoms with Crippen molar-refractivity contribution in [1.82, 2.24) is 0 Å². The molecular weight excluding hydrogens is 280 g/mol. The summed E-state index contributed by atoms with van der Waals surface area (Å²) in [4.78, 5) is 0. The van der Waals surface area contributed by atoms with Gasteiger partial charge in [-0.25, -0.2) is 0 Å². The Bertz CT molecular complexity index is 374. The van der Waals surface area contributed by atoms with Crippen molar-refractivity contribution in [2.45, 2.75) is 38.2 Å². The van der Waals surface area contributed by atoms with E-state index in [1.165, 1.54) is 19.3 Å². The summed E-state index contributed by atoms with van der Waals surface area (Å²) in [7, 11) is 1.66. The number of rotatable bonds is 5. The molecule has 0 radical (unpaired) electrons. The minimum Gasteiger partial charge on any atom is -0.497 e. The largest absolute Gasteiger partial charge is 0.497 e. The van der Waals surface area contributed by atoms with Crippen molar-refractivity contribution >= 4 is 15.9 Å². The van der Waals surface area contributed by atoms with Gasteiger partial charge in [0, 0.05) is 4.47 Å². The van der Waals surface area contributed by atoms with Gasteiger partial charge in [0.25, 0.3) is 0 Å². The van der Waals surface area contributed by atoms with Crippen LogP contribution in [0.5, 0.6) is 5.75 Å². The van der Waals surface area contributed by atoms with E-state index >= 15 is 0 Å². The number of halogens is 1. The first kappa shape index (κ1) is 12.9. The minimum absolute atomic E-state index is 0.233. The molecule has 94 valence electrons. The first-order chi connectivity index (χ1) is 8.19. The molecule has 1 N–H and O–H groups in total. The van der Waals surface area contributed by atoms with Gasteiger partial charge >= 0.3 is 0 Å². The van der Waals surface area contributed by atoms with Gasteiger partial charge in [-0.1, -0.05) is 35.2 Å². The third-order valence-corrected chi connectivity index (χ3v) is 4.31. The van der Waals surface area contributed by atoms with Gasteiger partial charge in [-0.15, -0.1) is 0 Å². The SMILES string of the molecule is COc1ccc(Br)c(CC(O)CC2CCC2)c1. The van der Waals surface area contributed by atoms with Crippen molar-refractivity contribution in [2.24, 2.45) is 5.92 Å². The molecule has 1 fully saturated rings. The number of hydrogen-bond donors (Lipinski definition) is 1. The first-order valence-corrected chi connectivity index (χ1v) is 6.99. The maximum Gasteiger partial charge on any atom is 0.119 e. The molecule has 1 aliphatic rings. The van der Waals surface area contributed by atoms with Crippen molar-refractivity contribution in [1.29, 1.82) is 0 Å². The molecule has 1 aromatic rings. The summed E-state index contributed by atoms with van der Waals surface area (Å²) in [5, 5.41) is 10.1. The molecule has 0 aliphatic heterocycles. The van der Waals surface area contributed by atoms with Crippen molar-refractivity contribution in [3.05, 3.63) is 28.2 Å². The average Bonchev–Trinajstić information content (AvgIpc) is 2.27. The van der Waals surface area contributed by atoms with Crippen molar-refractivity contribution in [3.63, 3.8) is 0 Å². The molecule has 0 spiro atoms. The van der Waals surface area contributed by atoms with Gasteiger partial charge < -0.3 is 9.84 Å². The second-order valence-electron chi connectivity index (χ2n) is 4.85. The van der Waals surface area contributed by atoms with E-state index in [2.05, 4.69) is 15.9 Å². The van der Waals surface area contributed by atoms with E-state index in [0.29, 0.717) is 6.42 Å². The van der Waals surface area contributed by atoms with Crippen LogP contribution in [-0.4, -0.2) is 18.3 Å². The normalized spacial score (nSPS) is 17.6. The maximum absolute atomic E-state index is 10.1. The topological polar surface area (TPSA) is 29.5 Å². The lowest BCUT2D eigenvalue weighted by Gasteiger charge is -2.27. The van der Waals surface area contributed by atoms with E-state index in [1.807, 2.05) is 18.2 Å². The van der Waals surface area contributed by atoms with Gasteiger partial charge in [0.2, 0.25) is 0 Å². The Morgan fingerprint density at radius 2 is 2.24 bits per heavy atom. The molecule has 2 rings (SSSR count). The number of hydrogen-bond acceptors (Lipinski definition) is 2. The zero-order valence-corrected chi connectivity index (χ0v) is 11.7. The van der Waals surface area contributed by atoms with Gasteiger partial charge in [-0.3, -0.25) is 0 Å². The fourth-order valence-electron chi connectivity index (χ4n) is 2.28. The van der Waals surface area contributed by atoms with E-state index in [0.717, 1.165) is 28.1 Å². The van der Waals surface area contributed by atoms with E-state index in [4.69, 9.17) is 4.74 Å². The minimum atomic E-state index is -0.233. The molecule has 0 aromatic heterocycles. The van der Waals surface area contributed by atoms with Crippen LogP contribution in [0.15, 0.2) is 22.7 Å². The summed E-state index contributed by atoms with van der Waals surface area (Å²) in [5.41, 5.74) is 1.12. The Morgan fingerprint density at radius 1 is 1.47 bits per heavy atom. The van der Waals surface area contributed by atoms with E-state index in [-0.39, 0.29) is 6.10 Å². The first-order valence-electron chi connectivity index (χ1n) is 6.19. The van der Waals surface area contributed by atoms with Gasteiger partial charge in [-0.05, 0) is 42.5 Å². The molecule has 1 aromatic carbocycles. The van der Waals surface area contributed by atoms with Gasteiger partial charge in [0.05, 0.1) is 13.2 Å². The average molecular weight is 299 g/mol. The molecule has 1 saturated carbocycles. The van der Waals surface area contributed by atoms with Gasteiger partial charge in [-0.2, -0.15) is 0 Å². The summed E-state index contributed by atoms with van der Waals surface area (Å²) < 4.78 is 6.25. The summed E-state index contributed by atoms with van der Waals surface area (Å²) in [6.07, 6.45) is 5.31. The molecule has 0 amide bonds. The van der Waals surface area contributed by atoms with Crippen molar-refractivity contribution in [3.8, 4) is 5.75 Å². The van der Waals surface area contributed by atoms with Crippen LogP contribution < -0.4 is 4.74 Å². The van der Waals surface area contributed by atoms with E-state index in [9.17, 15) is 5.11 Å². The summed E-state index contributed by atoms with van der Waals surface area (Å²) in [6, 6.07) is 5.89. The lowest BCUT2D eigenvalue weighted by molar-refractivity contribution is 0.117. The van der Waals surface area contributed by atoms with Crippen molar-refractivity contribution < 1.29 is 9.84 Å². The zero-order valence-electron chi connectivity index (χ0n) is 10.2. The quantitative estimate of drug-likeness (QED) is 0.901. The Balaban J connectivity index is 1.96. The molecular formula is C14H19BrO2.